The van der Waals surface area contributed by atoms with Crippen molar-refractivity contribution >= 4 is 33.6 Å². The maximum Gasteiger partial charge on any atom is 0.337 e. The third kappa shape index (κ3) is 5.82. The van der Waals surface area contributed by atoms with Crippen LogP contribution in [0.2, 0.25) is 0 Å². The van der Waals surface area contributed by atoms with Gasteiger partial charge in [0.1, 0.15) is 0 Å². The number of hydrogen-bond donors (Lipinski definition) is 2. The van der Waals surface area contributed by atoms with E-state index in [4.69, 9.17) is 0 Å². The average Bonchev–Trinajstić information content (AvgIpc) is 2.71. The molecule has 0 heterocycles. The molecule has 0 aliphatic heterocycles. The first-order chi connectivity index (χ1) is 14.5. The Balaban J connectivity index is 2.47. The summed E-state index contributed by atoms with van der Waals surface area (Å²) >= 11 is 0. The summed E-state index contributed by atoms with van der Waals surface area (Å²) in [5.41, 5.74) is 0.706. The van der Waals surface area contributed by atoms with Crippen LogP contribution in [0.1, 0.15) is 50.5 Å². The van der Waals surface area contributed by atoms with Crippen molar-refractivity contribution in [3.05, 3.63) is 58.7 Å². The Bertz CT molecular complexity index is 1090. The first-order valence-electron chi connectivity index (χ1n) is 9.24. The molecule has 2 aromatic carbocycles. The summed E-state index contributed by atoms with van der Waals surface area (Å²) in [5, 5.41) is 2.72. The number of amides is 1. The third-order valence-electron chi connectivity index (χ3n) is 4.21. The standard InChI is InChI=1S/C21H24N2O7S/c1-12(2)22-19(24)18-11-17(7-6-13(18)3)31(27,28)23-16-9-14(20(25)29-4)8-15(10-16)21(26)30-5/h6-12,23H,1-5H3,(H,22,24). The highest BCUT2D eigenvalue weighted by Crippen LogP contribution is 2.22. The van der Waals surface area contributed by atoms with Crippen LogP contribution in [-0.2, 0) is 19.5 Å². The fraction of sp³-hybridized carbons (Fsp3) is 0.286. The van der Waals surface area contributed by atoms with Crippen molar-refractivity contribution in [2.24, 2.45) is 0 Å². The number of anilines is 1. The smallest absolute Gasteiger partial charge is 0.337 e. The highest BCUT2D eigenvalue weighted by molar-refractivity contribution is 7.92. The molecule has 0 aliphatic carbocycles. The van der Waals surface area contributed by atoms with Crippen molar-refractivity contribution in [1.82, 2.24) is 5.32 Å². The molecule has 10 heteroatoms. The number of esters is 2. The van der Waals surface area contributed by atoms with Crippen LogP contribution in [0.25, 0.3) is 0 Å². The number of nitrogens with one attached hydrogen (secondary N) is 2. The SMILES string of the molecule is COC(=O)c1cc(NS(=O)(=O)c2ccc(C)c(C(=O)NC(C)C)c2)cc(C(=O)OC)c1. The molecule has 0 saturated heterocycles. The average molecular weight is 448 g/mol. The Hall–Kier alpha value is -3.40. The van der Waals surface area contributed by atoms with Crippen molar-refractivity contribution in [3.63, 3.8) is 0 Å². The minimum absolute atomic E-state index is 0.0380. The second-order valence-corrected chi connectivity index (χ2v) is 8.67. The van der Waals surface area contributed by atoms with E-state index in [0.29, 0.717) is 5.56 Å². The van der Waals surface area contributed by atoms with E-state index < -0.39 is 27.9 Å². The van der Waals surface area contributed by atoms with Crippen molar-refractivity contribution in [1.29, 1.82) is 0 Å². The van der Waals surface area contributed by atoms with E-state index >= 15 is 0 Å². The van der Waals surface area contributed by atoms with E-state index in [-0.39, 0.29) is 33.3 Å². The number of ether oxygens (including phenoxy) is 2. The molecule has 166 valence electrons. The van der Waals surface area contributed by atoms with Gasteiger partial charge in [-0.3, -0.25) is 9.52 Å². The Kier molecular flexibility index (Phi) is 7.40. The van der Waals surface area contributed by atoms with Gasteiger partial charge in [0, 0.05) is 11.6 Å². The molecule has 2 aromatic rings. The molecule has 0 bridgehead atoms. The molecule has 0 saturated carbocycles. The van der Waals surface area contributed by atoms with Gasteiger partial charge in [-0.2, -0.15) is 0 Å². The van der Waals surface area contributed by atoms with Gasteiger partial charge in [0.05, 0.1) is 35.9 Å². The first kappa shape index (κ1) is 23.9. The fourth-order valence-electron chi connectivity index (χ4n) is 2.72. The molecule has 0 atom stereocenters. The number of methoxy groups -OCH3 is 2. The zero-order valence-corrected chi connectivity index (χ0v) is 18.6. The number of rotatable bonds is 7. The van der Waals surface area contributed by atoms with Gasteiger partial charge in [0.25, 0.3) is 15.9 Å². The van der Waals surface area contributed by atoms with Crippen molar-refractivity contribution in [3.8, 4) is 0 Å². The number of sulfonamides is 1. The van der Waals surface area contributed by atoms with E-state index in [1.165, 1.54) is 36.4 Å². The normalized spacial score (nSPS) is 11.0. The third-order valence-corrected chi connectivity index (χ3v) is 5.59. The molecule has 9 nitrogen and oxygen atoms in total. The summed E-state index contributed by atoms with van der Waals surface area (Å²) < 4.78 is 37.5. The van der Waals surface area contributed by atoms with Gasteiger partial charge < -0.3 is 14.8 Å². The van der Waals surface area contributed by atoms with Gasteiger partial charge in [0.2, 0.25) is 0 Å². The van der Waals surface area contributed by atoms with Crippen LogP contribution in [0.4, 0.5) is 5.69 Å². The summed E-state index contributed by atoms with van der Waals surface area (Å²) in [6.07, 6.45) is 0. The lowest BCUT2D eigenvalue weighted by Gasteiger charge is -2.14. The molecule has 0 fully saturated rings. The van der Waals surface area contributed by atoms with Crippen LogP contribution < -0.4 is 10.0 Å². The second-order valence-electron chi connectivity index (χ2n) is 6.99. The topological polar surface area (TPSA) is 128 Å². The highest BCUT2D eigenvalue weighted by atomic mass is 32.2. The molecule has 0 aromatic heterocycles. The molecular formula is C21H24N2O7S. The lowest BCUT2D eigenvalue weighted by atomic mass is 10.1. The van der Waals surface area contributed by atoms with Crippen LogP contribution in [0.15, 0.2) is 41.3 Å². The maximum absolute atomic E-state index is 12.9. The minimum atomic E-state index is -4.15. The molecule has 2 N–H and O–H groups in total. The van der Waals surface area contributed by atoms with E-state index in [1.807, 2.05) is 0 Å². The molecule has 0 radical (unpaired) electrons. The molecule has 0 unspecified atom stereocenters. The number of carbonyl (C=O) groups is 3. The van der Waals surface area contributed by atoms with Crippen LogP contribution >= 0.6 is 0 Å². The molecule has 0 spiro atoms. The molecular weight excluding hydrogens is 424 g/mol. The summed E-state index contributed by atoms with van der Waals surface area (Å²) in [5.74, 6) is -1.91. The summed E-state index contributed by atoms with van der Waals surface area (Å²) in [6.45, 7) is 5.28. The minimum Gasteiger partial charge on any atom is -0.465 e. The zero-order valence-electron chi connectivity index (χ0n) is 17.8. The van der Waals surface area contributed by atoms with Crippen molar-refractivity contribution in [2.75, 3.05) is 18.9 Å². The number of aryl methyl sites for hydroxylation is 1. The highest BCUT2D eigenvalue weighted by Gasteiger charge is 2.21. The molecule has 31 heavy (non-hydrogen) atoms. The van der Waals surface area contributed by atoms with Gasteiger partial charge in [-0.15, -0.1) is 0 Å². The molecule has 0 aliphatic rings. The predicted octanol–water partition coefficient (Wildman–Crippen LogP) is 2.51. The summed E-state index contributed by atoms with van der Waals surface area (Å²) in [4.78, 5) is 36.1. The lowest BCUT2D eigenvalue weighted by Crippen LogP contribution is -2.30. The molecule has 1 amide bonds. The van der Waals surface area contributed by atoms with E-state index in [2.05, 4.69) is 19.5 Å². The van der Waals surface area contributed by atoms with Crippen molar-refractivity contribution in [2.45, 2.75) is 31.7 Å². The quantitative estimate of drug-likeness (QED) is 0.623. The van der Waals surface area contributed by atoms with Crippen LogP contribution in [0.5, 0.6) is 0 Å². The van der Waals surface area contributed by atoms with Gasteiger partial charge in [-0.25, -0.2) is 18.0 Å². The van der Waals surface area contributed by atoms with Crippen LogP contribution in [0, 0.1) is 6.92 Å². The number of hydrogen-bond acceptors (Lipinski definition) is 7. The van der Waals surface area contributed by atoms with Crippen molar-refractivity contribution < 1.29 is 32.3 Å². The number of carbonyl (C=O) groups excluding carboxylic acids is 3. The van der Waals surface area contributed by atoms with Crippen LogP contribution in [-0.4, -0.2) is 46.5 Å². The molecule has 2 rings (SSSR count). The largest absolute Gasteiger partial charge is 0.465 e. The Labute approximate surface area is 180 Å². The van der Waals surface area contributed by atoms with E-state index in [0.717, 1.165) is 14.2 Å². The second kappa shape index (κ2) is 9.61. The lowest BCUT2D eigenvalue weighted by molar-refractivity contribution is 0.0599. The Morgan fingerprint density at radius 2 is 1.45 bits per heavy atom. The summed E-state index contributed by atoms with van der Waals surface area (Å²) in [7, 11) is -1.83. The first-order valence-corrected chi connectivity index (χ1v) is 10.7. The number of benzene rings is 2. The zero-order chi connectivity index (χ0) is 23.3. The fourth-order valence-corrected chi connectivity index (χ4v) is 3.79. The van der Waals surface area contributed by atoms with Gasteiger partial charge in [-0.1, -0.05) is 6.07 Å². The van der Waals surface area contributed by atoms with Crippen LogP contribution in [0.3, 0.4) is 0 Å². The monoisotopic (exact) mass is 448 g/mol. The predicted molar refractivity (Wildman–Crippen MR) is 114 cm³/mol. The summed E-state index contributed by atoms with van der Waals surface area (Å²) in [6, 6.07) is 7.72. The van der Waals surface area contributed by atoms with E-state index in [9.17, 15) is 22.8 Å². The van der Waals surface area contributed by atoms with Gasteiger partial charge in [0.15, 0.2) is 0 Å². The Morgan fingerprint density at radius 1 is 0.903 bits per heavy atom. The van der Waals surface area contributed by atoms with E-state index in [1.54, 1.807) is 20.8 Å². The van der Waals surface area contributed by atoms with Gasteiger partial charge in [-0.05, 0) is 56.7 Å². The Morgan fingerprint density at radius 3 is 1.94 bits per heavy atom. The maximum atomic E-state index is 12.9. The van der Waals surface area contributed by atoms with Gasteiger partial charge >= 0.3 is 11.9 Å².